The van der Waals surface area contributed by atoms with Crippen molar-refractivity contribution in [1.29, 1.82) is 0 Å². The minimum Gasteiger partial charge on any atom is -0.497 e. The van der Waals surface area contributed by atoms with E-state index in [-0.39, 0.29) is 29.0 Å². The van der Waals surface area contributed by atoms with Gasteiger partial charge in [0, 0.05) is 18.5 Å². The third kappa shape index (κ3) is 4.47. The van der Waals surface area contributed by atoms with Crippen molar-refractivity contribution in [2.75, 3.05) is 20.3 Å². The number of hydrogen-bond donors (Lipinski definition) is 1. The molecule has 28 heavy (non-hydrogen) atoms. The van der Waals surface area contributed by atoms with Gasteiger partial charge in [0.2, 0.25) is 0 Å². The Kier molecular flexibility index (Phi) is 6.57. The van der Waals surface area contributed by atoms with Gasteiger partial charge in [-0.15, -0.1) is 0 Å². The normalized spacial score (nSPS) is 21.9. The van der Waals surface area contributed by atoms with Crippen LogP contribution in [0.4, 0.5) is 0 Å². The van der Waals surface area contributed by atoms with E-state index in [9.17, 15) is 4.79 Å². The number of hydrogen-bond acceptors (Lipinski definition) is 7. The van der Waals surface area contributed by atoms with Crippen LogP contribution in [0.15, 0.2) is 18.2 Å². The molecule has 8 heteroatoms. The first-order chi connectivity index (χ1) is 13.4. The summed E-state index contributed by atoms with van der Waals surface area (Å²) in [5.41, 5.74) is 1.29. The maximum atomic E-state index is 12.4. The van der Waals surface area contributed by atoms with Gasteiger partial charge in [-0.05, 0) is 24.5 Å². The van der Waals surface area contributed by atoms with Crippen molar-refractivity contribution in [1.82, 2.24) is 15.3 Å². The zero-order valence-corrected chi connectivity index (χ0v) is 17.3. The first-order valence-electron chi connectivity index (χ1n) is 9.50. The number of esters is 1. The number of halogens is 1. The summed E-state index contributed by atoms with van der Waals surface area (Å²) in [4.78, 5) is 21.3. The van der Waals surface area contributed by atoms with Gasteiger partial charge in [0.1, 0.15) is 17.9 Å². The summed E-state index contributed by atoms with van der Waals surface area (Å²) < 4.78 is 16.7. The lowest BCUT2D eigenvalue weighted by molar-refractivity contribution is -0.148. The van der Waals surface area contributed by atoms with E-state index in [1.54, 1.807) is 25.3 Å². The van der Waals surface area contributed by atoms with E-state index in [1.807, 2.05) is 20.8 Å². The zero-order chi connectivity index (χ0) is 20.3. The number of benzene rings is 1. The molecule has 1 fully saturated rings. The Morgan fingerprint density at radius 2 is 2.11 bits per heavy atom. The van der Waals surface area contributed by atoms with Crippen LogP contribution < -0.4 is 14.8 Å². The second-order valence-electron chi connectivity index (χ2n) is 7.31. The number of fused-ring (bicyclic) bond motifs is 1. The predicted octanol–water partition coefficient (Wildman–Crippen LogP) is 3.24. The van der Waals surface area contributed by atoms with E-state index in [1.165, 1.54) is 0 Å². The minimum atomic E-state index is -0.402. The molecule has 2 aromatic rings. The van der Waals surface area contributed by atoms with Gasteiger partial charge in [0.25, 0.3) is 5.88 Å². The lowest BCUT2D eigenvalue weighted by Crippen LogP contribution is -2.38. The van der Waals surface area contributed by atoms with Crippen molar-refractivity contribution < 1.29 is 19.0 Å². The van der Waals surface area contributed by atoms with Crippen LogP contribution in [0.3, 0.4) is 0 Å². The molecule has 1 N–H and O–H groups in total. The highest BCUT2D eigenvalue weighted by Crippen LogP contribution is 2.30. The molecular weight excluding hydrogens is 382 g/mol. The van der Waals surface area contributed by atoms with Crippen molar-refractivity contribution in [3.63, 3.8) is 0 Å². The summed E-state index contributed by atoms with van der Waals surface area (Å²) >= 11 is 6.29. The van der Waals surface area contributed by atoms with Crippen molar-refractivity contribution in [3.05, 3.63) is 23.4 Å². The molecule has 1 aliphatic heterocycles. The highest BCUT2D eigenvalue weighted by molar-refractivity contribution is 6.31. The number of nitrogens with one attached hydrogen (secondary N) is 1. The average Bonchev–Trinajstić information content (AvgIpc) is 3.08. The van der Waals surface area contributed by atoms with Crippen LogP contribution in [-0.2, 0) is 9.53 Å². The Morgan fingerprint density at radius 3 is 2.79 bits per heavy atom. The number of ether oxygens (including phenoxy) is 3. The van der Waals surface area contributed by atoms with Crippen LogP contribution >= 0.6 is 11.6 Å². The summed E-state index contributed by atoms with van der Waals surface area (Å²) in [6.45, 7) is 6.95. The fourth-order valence-corrected chi connectivity index (χ4v) is 3.50. The van der Waals surface area contributed by atoms with Gasteiger partial charge in [-0.1, -0.05) is 32.4 Å². The maximum Gasteiger partial charge on any atom is 0.323 e. The molecule has 1 saturated heterocycles. The average molecular weight is 408 g/mol. The topological polar surface area (TPSA) is 82.6 Å². The van der Waals surface area contributed by atoms with Crippen LogP contribution in [-0.4, -0.2) is 48.3 Å². The number of carbonyl (C=O) groups excluding carboxylic acids is 1. The van der Waals surface area contributed by atoms with E-state index in [0.29, 0.717) is 35.9 Å². The smallest absolute Gasteiger partial charge is 0.323 e. The van der Waals surface area contributed by atoms with Gasteiger partial charge in [-0.2, -0.15) is 0 Å². The molecule has 1 aromatic heterocycles. The first-order valence-corrected chi connectivity index (χ1v) is 9.88. The molecule has 152 valence electrons. The van der Waals surface area contributed by atoms with Crippen LogP contribution in [0.5, 0.6) is 11.6 Å². The molecule has 1 aliphatic rings. The SMILES string of the molecule is CC[C@@H]1C(Oc2nc3cc(OC)ccc3nc2Cl)CN[C@@H]1C(=O)OCC(C)C. The van der Waals surface area contributed by atoms with Crippen LogP contribution in [0.25, 0.3) is 11.0 Å². The van der Waals surface area contributed by atoms with E-state index < -0.39 is 6.04 Å². The van der Waals surface area contributed by atoms with E-state index >= 15 is 0 Å². The lowest BCUT2D eigenvalue weighted by atomic mass is 9.95. The number of aromatic nitrogens is 2. The maximum absolute atomic E-state index is 12.4. The number of rotatable bonds is 7. The minimum absolute atomic E-state index is 0.0430. The van der Waals surface area contributed by atoms with Crippen LogP contribution in [0.2, 0.25) is 5.15 Å². The van der Waals surface area contributed by atoms with Gasteiger partial charge in [-0.25, -0.2) is 9.97 Å². The molecule has 3 atom stereocenters. The molecule has 0 amide bonds. The van der Waals surface area contributed by atoms with E-state index in [2.05, 4.69) is 15.3 Å². The molecule has 0 radical (unpaired) electrons. The third-order valence-electron chi connectivity index (χ3n) is 4.79. The Bertz CT molecular complexity index is 846. The summed E-state index contributed by atoms with van der Waals surface area (Å²) in [6.07, 6.45) is 0.502. The monoisotopic (exact) mass is 407 g/mol. The highest BCUT2D eigenvalue weighted by atomic mass is 35.5. The summed E-state index contributed by atoms with van der Waals surface area (Å²) in [5, 5.41) is 3.41. The lowest BCUT2D eigenvalue weighted by Gasteiger charge is -2.22. The Morgan fingerprint density at radius 1 is 1.32 bits per heavy atom. The molecule has 0 bridgehead atoms. The van der Waals surface area contributed by atoms with Crippen molar-refractivity contribution >= 4 is 28.6 Å². The Hall–Kier alpha value is -2.12. The highest BCUT2D eigenvalue weighted by Gasteiger charge is 2.41. The molecule has 0 saturated carbocycles. The van der Waals surface area contributed by atoms with Gasteiger partial charge >= 0.3 is 5.97 Å². The molecule has 3 rings (SSSR count). The van der Waals surface area contributed by atoms with Gasteiger partial charge in [-0.3, -0.25) is 4.79 Å². The van der Waals surface area contributed by atoms with Crippen molar-refractivity contribution in [2.24, 2.45) is 11.8 Å². The van der Waals surface area contributed by atoms with Crippen LogP contribution in [0.1, 0.15) is 27.2 Å². The largest absolute Gasteiger partial charge is 0.497 e. The zero-order valence-electron chi connectivity index (χ0n) is 16.6. The second kappa shape index (κ2) is 8.92. The molecule has 0 spiro atoms. The number of carbonyl (C=O) groups is 1. The third-order valence-corrected chi connectivity index (χ3v) is 5.04. The molecule has 1 unspecified atom stereocenters. The van der Waals surface area contributed by atoms with Gasteiger partial charge in [0.05, 0.1) is 24.8 Å². The summed E-state index contributed by atoms with van der Waals surface area (Å²) in [6, 6.07) is 4.97. The Labute approximate surface area is 169 Å². The number of nitrogens with zero attached hydrogens (tertiary/aromatic N) is 2. The molecule has 0 aliphatic carbocycles. The molecule has 2 heterocycles. The molecule has 7 nitrogen and oxygen atoms in total. The van der Waals surface area contributed by atoms with Crippen LogP contribution in [0, 0.1) is 11.8 Å². The summed E-state index contributed by atoms with van der Waals surface area (Å²) in [7, 11) is 1.59. The molecule has 1 aromatic carbocycles. The quantitative estimate of drug-likeness (QED) is 0.705. The molecular formula is C20H26ClN3O4. The Balaban J connectivity index is 1.77. The van der Waals surface area contributed by atoms with Gasteiger partial charge < -0.3 is 19.5 Å². The fourth-order valence-electron chi connectivity index (χ4n) is 3.33. The fraction of sp³-hybridized carbons (Fsp3) is 0.550. The number of methoxy groups -OCH3 is 1. The summed E-state index contributed by atoms with van der Waals surface area (Å²) in [5.74, 6) is 0.938. The standard InChI is InChI=1S/C20H26ClN3O4/c1-5-13-16(9-22-17(13)20(25)27-10-11(2)3)28-19-18(21)23-14-7-6-12(26-4)8-15(14)24-19/h6-8,11,13,16-17,22H,5,9-10H2,1-4H3/t13-,16?,17+/m1/s1. The van der Waals surface area contributed by atoms with Crippen molar-refractivity contribution in [3.8, 4) is 11.6 Å². The van der Waals surface area contributed by atoms with Gasteiger partial charge in [0.15, 0.2) is 5.15 Å². The van der Waals surface area contributed by atoms with E-state index in [0.717, 1.165) is 6.42 Å². The first kappa shape index (κ1) is 20.6. The second-order valence-corrected chi connectivity index (χ2v) is 7.67. The van der Waals surface area contributed by atoms with E-state index in [4.69, 9.17) is 25.8 Å². The van der Waals surface area contributed by atoms with Crippen molar-refractivity contribution in [2.45, 2.75) is 39.3 Å². The predicted molar refractivity (Wildman–Crippen MR) is 107 cm³/mol.